The van der Waals surface area contributed by atoms with Gasteiger partial charge >= 0.3 is 0 Å². The molecule has 0 spiro atoms. The van der Waals surface area contributed by atoms with Crippen LogP contribution in [-0.4, -0.2) is 34.3 Å². The van der Waals surface area contributed by atoms with Crippen LogP contribution in [0.5, 0.6) is 0 Å². The first-order valence-corrected chi connectivity index (χ1v) is 8.05. The van der Waals surface area contributed by atoms with Crippen molar-refractivity contribution in [3.05, 3.63) is 53.9 Å². The number of nitrogens with zero attached hydrogens (tertiary/aromatic N) is 6. The Morgan fingerprint density at radius 3 is 2.92 bits per heavy atom. The molecule has 0 radical (unpaired) electrons. The lowest BCUT2D eigenvalue weighted by molar-refractivity contribution is 0.643. The summed E-state index contributed by atoms with van der Waals surface area (Å²) in [6, 6.07) is 5.94. The highest BCUT2D eigenvalue weighted by Crippen LogP contribution is 2.19. The first kappa shape index (κ1) is 14.6. The first-order chi connectivity index (χ1) is 11.7. The zero-order valence-electron chi connectivity index (χ0n) is 13.8. The van der Waals surface area contributed by atoms with Gasteiger partial charge in [-0.1, -0.05) is 6.07 Å². The van der Waals surface area contributed by atoms with Crippen molar-refractivity contribution in [1.29, 1.82) is 0 Å². The number of aryl methyl sites for hydroxylation is 3. The molecular formula is C17H19N7. The van der Waals surface area contributed by atoms with E-state index in [1.54, 1.807) is 6.33 Å². The zero-order chi connectivity index (χ0) is 16.5. The van der Waals surface area contributed by atoms with Crippen molar-refractivity contribution < 1.29 is 0 Å². The molecule has 0 aliphatic carbocycles. The van der Waals surface area contributed by atoms with Crippen molar-refractivity contribution in [2.45, 2.75) is 33.2 Å². The number of pyridine rings is 1. The lowest BCUT2D eigenvalue weighted by atomic mass is 10.1. The molecule has 0 unspecified atom stereocenters. The molecule has 0 atom stereocenters. The van der Waals surface area contributed by atoms with E-state index < -0.39 is 0 Å². The minimum atomic E-state index is 0.826. The second-order valence-corrected chi connectivity index (χ2v) is 5.90. The van der Waals surface area contributed by atoms with E-state index in [0.717, 1.165) is 47.9 Å². The van der Waals surface area contributed by atoms with Crippen LogP contribution in [0.3, 0.4) is 0 Å². The van der Waals surface area contributed by atoms with Crippen molar-refractivity contribution in [3.8, 4) is 11.5 Å². The summed E-state index contributed by atoms with van der Waals surface area (Å²) in [5.74, 6) is 0.909. The standard InChI is InChI=1S/C17H19N7/c1-12-14(13(2)22-21-12)5-4-9-23-10-8-18-17(23)15-6-3-7-16-19-11-20-24(15)16/h3,6-8,10-11H,4-5,9H2,1-2H3,(H,21,22). The number of hydrogen-bond acceptors (Lipinski definition) is 4. The predicted molar refractivity (Wildman–Crippen MR) is 90.6 cm³/mol. The van der Waals surface area contributed by atoms with Gasteiger partial charge in [-0.3, -0.25) is 5.10 Å². The van der Waals surface area contributed by atoms with E-state index in [2.05, 4.69) is 36.8 Å². The normalized spacial score (nSPS) is 11.4. The summed E-state index contributed by atoms with van der Waals surface area (Å²) in [5.41, 5.74) is 5.34. The maximum absolute atomic E-state index is 4.52. The van der Waals surface area contributed by atoms with Crippen LogP contribution in [0.25, 0.3) is 17.2 Å². The molecule has 0 aromatic carbocycles. The Kier molecular flexibility index (Phi) is 3.60. The second kappa shape index (κ2) is 5.92. The SMILES string of the molecule is Cc1n[nH]c(C)c1CCCn1ccnc1-c1cccc2ncnn12. The number of hydrogen-bond donors (Lipinski definition) is 1. The summed E-state index contributed by atoms with van der Waals surface area (Å²) >= 11 is 0. The minimum Gasteiger partial charge on any atom is -0.330 e. The van der Waals surface area contributed by atoms with Gasteiger partial charge in [0, 0.05) is 24.6 Å². The predicted octanol–water partition coefficient (Wildman–Crippen LogP) is 2.57. The molecule has 7 nitrogen and oxygen atoms in total. The summed E-state index contributed by atoms with van der Waals surface area (Å²) in [6.45, 7) is 5.01. The third-order valence-electron chi connectivity index (χ3n) is 4.35. The molecule has 7 heteroatoms. The zero-order valence-corrected chi connectivity index (χ0v) is 13.8. The third kappa shape index (κ3) is 2.47. The Labute approximate surface area is 139 Å². The number of H-pyrrole nitrogens is 1. The number of aromatic amines is 1. The lowest BCUT2D eigenvalue weighted by Gasteiger charge is -2.09. The first-order valence-electron chi connectivity index (χ1n) is 8.05. The van der Waals surface area contributed by atoms with E-state index in [-0.39, 0.29) is 0 Å². The van der Waals surface area contributed by atoms with Crippen LogP contribution in [0.4, 0.5) is 0 Å². The fourth-order valence-corrected chi connectivity index (χ4v) is 3.11. The molecule has 1 N–H and O–H groups in total. The van der Waals surface area contributed by atoms with Crippen LogP contribution >= 0.6 is 0 Å². The Balaban J connectivity index is 1.56. The molecule has 0 amide bonds. The molecule has 4 rings (SSSR count). The quantitative estimate of drug-likeness (QED) is 0.613. The van der Waals surface area contributed by atoms with Crippen LogP contribution < -0.4 is 0 Å². The van der Waals surface area contributed by atoms with Crippen molar-refractivity contribution >= 4 is 5.65 Å². The van der Waals surface area contributed by atoms with Gasteiger partial charge in [0.05, 0.1) is 5.69 Å². The molecule has 24 heavy (non-hydrogen) atoms. The molecule has 0 saturated carbocycles. The average Bonchev–Trinajstić information content (AvgIpc) is 3.30. The number of nitrogens with one attached hydrogen (secondary N) is 1. The van der Waals surface area contributed by atoms with Crippen molar-refractivity contribution in [2.24, 2.45) is 0 Å². The summed E-state index contributed by atoms with van der Waals surface area (Å²) in [7, 11) is 0. The van der Waals surface area contributed by atoms with Crippen molar-refractivity contribution in [3.63, 3.8) is 0 Å². The van der Waals surface area contributed by atoms with Gasteiger partial charge in [0.15, 0.2) is 11.5 Å². The number of imidazole rings is 1. The van der Waals surface area contributed by atoms with Gasteiger partial charge in [-0.2, -0.15) is 10.2 Å². The summed E-state index contributed by atoms with van der Waals surface area (Å²) in [4.78, 5) is 8.76. The molecule has 4 aromatic rings. The van der Waals surface area contributed by atoms with Crippen LogP contribution in [0.1, 0.15) is 23.4 Å². The summed E-state index contributed by atoms with van der Waals surface area (Å²) in [6.07, 6.45) is 7.44. The molecule has 0 fully saturated rings. The monoisotopic (exact) mass is 321 g/mol. The van der Waals surface area contributed by atoms with Gasteiger partial charge in [-0.15, -0.1) is 0 Å². The van der Waals surface area contributed by atoms with Gasteiger partial charge in [0.25, 0.3) is 0 Å². The lowest BCUT2D eigenvalue weighted by Crippen LogP contribution is -2.05. The Morgan fingerprint density at radius 2 is 2.08 bits per heavy atom. The third-order valence-corrected chi connectivity index (χ3v) is 4.35. The Morgan fingerprint density at radius 1 is 1.17 bits per heavy atom. The van der Waals surface area contributed by atoms with E-state index in [4.69, 9.17) is 0 Å². The van der Waals surface area contributed by atoms with Crippen LogP contribution in [0.15, 0.2) is 36.9 Å². The number of rotatable bonds is 5. The van der Waals surface area contributed by atoms with E-state index in [1.165, 1.54) is 5.56 Å². The maximum atomic E-state index is 4.52. The molecule has 4 heterocycles. The smallest absolute Gasteiger partial charge is 0.158 e. The second-order valence-electron chi connectivity index (χ2n) is 5.90. The van der Waals surface area contributed by atoms with Crippen LogP contribution in [-0.2, 0) is 13.0 Å². The number of aromatic nitrogens is 7. The minimum absolute atomic E-state index is 0.826. The molecule has 122 valence electrons. The van der Waals surface area contributed by atoms with Gasteiger partial charge in [0.2, 0.25) is 0 Å². The van der Waals surface area contributed by atoms with E-state index >= 15 is 0 Å². The topological polar surface area (TPSA) is 76.7 Å². The highest BCUT2D eigenvalue weighted by molar-refractivity contribution is 5.56. The van der Waals surface area contributed by atoms with Gasteiger partial charge in [-0.25, -0.2) is 14.5 Å². The molecule has 0 bridgehead atoms. The van der Waals surface area contributed by atoms with Crippen LogP contribution in [0, 0.1) is 13.8 Å². The largest absolute Gasteiger partial charge is 0.330 e. The van der Waals surface area contributed by atoms with Gasteiger partial charge in [0.1, 0.15) is 12.0 Å². The molecular weight excluding hydrogens is 302 g/mol. The fourth-order valence-electron chi connectivity index (χ4n) is 3.11. The van der Waals surface area contributed by atoms with E-state index in [0.29, 0.717) is 0 Å². The summed E-state index contributed by atoms with van der Waals surface area (Å²) in [5, 5.41) is 11.6. The molecule has 0 aliphatic heterocycles. The van der Waals surface area contributed by atoms with E-state index in [9.17, 15) is 0 Å². The van der Waals surface area contributed by atoms with Crippen molar-refractivity contribution in [2.75, 3.05) is 0 Å². The van der Waals surface area contributed by atoms with Crippen LogP contribution in [0.2, 0.25) is 0 Å². The van der Waals surface area contributed by atoms with Crippen molar-refractivity contribution in [1.82, 2.24) is 34.3 Å². The van der Waals surface area contributed by atoms with Gasteiger partial charge in [-0.05, 0) is 44.4 Å². The highest BCUT2D eigenvalue weighted by Gasteiger charge is 2.11. The highest BCUT2D eigenvalue weighted by atomic mass is 15.3. The van der Waals surface area contributed by atoms with Gasteiger partial charge < -0.3 is 4.57 Å². The maximum Gasteiger partial charge on any atom is 0.158 e. The number of fused-ring (bicyclic) bond motifs is 1. The average molecular weight is 321 g/mol. The molecule has 0 saturated heterocycles. The molecule has 4 aromatic heterocycles. The van der Waals surface area contributed by atoms with E-state index in [1.807, 2.05) is 42.0 Å². The summed E-state index contributed by atoms with van der Waals surface area (Å²) < 4.78 is 3.99. The Hall–Kier alpha value is -2.96. The molecule has 0 aliphatic rings. The fraction of sp³-hybridized carbons (Fsp3) is 0.294. The Bertz CT molecular complexity index is 956.